The van der Waals surface area contributed by atoms with Gasteiger partial charge in [-0.25, -0.2) is 0 Å². The summed E-state index contributed by atoms with van der Waals surface area (Å²) in [6.45, 7) is 10.3. The molecule has 1 fully saturated rings. The van der Waals surface area contributed by atoms with Crippen molar-refractivity contribution in [2.75, 3.05) is 6.54 Å². The maximum Gasteiger partial charge on any atom is 0.0598 e. The maximum atomic E-state index is 6.48. The first kappa shape index (κ1) is 15.0. The van der Waals surface area contributed by atoms with E-state index in [1.165, 1.54) is 29.8 Å². The van der Waals surface area contributed by atoms with Crippen LogP contribution in [-0.2, 0) is 0 Å². The first-order valence-electron chi connectivity index (χ1n) is 7.61. The van der Waals surface area contributed by atoms with E-state index in [0.29, 0.717) is 18.0 Å². The largest absolute Gasteiger partial charge is 0.326 e. The van der Waals surface area contributed by atoms with Crippen molar-refractivity contribution in [1.29, 1.82) is 0 Å². The standard InChI is InChI=1S/C16H28N2S/c1-5-13(17)15(16-12(4)8-10-19-16)18-9-6-7-14(18)11(2)3/h8,10-11,13-15H,5-7,9,17H2,1-4H3. The molecule has 2 N–H and O–H groups in total. The van der Waals surface area contributed by atoms with Crippen LogP contribution in [0.1, 0.15) is 56.5 Å². The summed E-state index contributed by atoms with van der Waals surface area (Å²) < 4.78 is 0. The molecule has 2 heterocycles. The lowest BCUT2D eigenvalue weighted by Gasteiger charge is -2.38. The van der Waals surface area contributed by atoms with Gasteiger partial charge < -0.3 is 5.73 Å². The minimum absolute atomic E-state index is 0.247. The van der Waals surface area contributed by atoms with E-state index < -0.39 is 0 Å². The molecule has 0 bridgehead atoms. The first-order chi connectivity index (χ1) is 9.06. The van der Waals surface area contributed by atoms with Gasteiger partial charge in [0.05, 0.1) is 6.04 Å². The molecule has 0 amide bonds. The van der Waals surface area contributed by atoms with Gasteiger partial charge in [-0.3, -0.25) is 4.90 Å². The van der Waals surface area contributed by atoms with Gasteiger partial charge in [0.2, 0.25) is 0 Å². The molecule has 1 aromatic rings. The van der Waals surface area contributed by atoms with E-state index in [9.17, 15) is 0 Å². The number of hydrogen-bond acceptors (Lipinski definition) is 3. The van der Waals surface area contributed by atoms with Crippen LogP contribution in [0.2, 0.25) is 0 Å². The van der Waals surface area contributed by atoms with Crippen LogP contribution in [0.15, 0.2) is 11.4 Å². The third-order valence-electron chi connectivity index (χ3n) is 4.52. The van der Waals surface area contributed by atoms with Gasteiger partial charge in [0.25, 0.3) is 0 Å². The zero-order valence-corrected chi connectivity index (χ0v) is 13.5. The fraction of sp³-hybridized carbons (Fsp3) is 0.750. The molecule has 1 saturated heterocycles. The lowest BCUT2D eigenvalue weighted by atomic mass is 9.96. The second-order valence-electron chi connectivity index (χ2n) is 6.18. The summed E-state index contributed by atoms with van der Waals surface area (Å²) in [5, 5.41) is 2.21. The van der Waals surface area contributed by atoms with Crippen molar-refractivity contribution >= 4 is 11.3 Å². The fourth-order valence-corrected chi connectivity index (χ4v) is 4.50. The Labute approximate surface area is 122 Å². The molecule has 0 spiro atoms. The molecular weight excluding hydrogens is 252 g/mol. The predicted octanol–water partition coefficient (Wildman–Crippen LogP) is 3.96. The van der Waals surface area contributed by atoms with E-state index in [0.717, 1.165) is 6.42 Å². The van der Waals surface area contributed by atoms with Gasteiger partial charge in [0.1, 0.15) is 0 Å². The highest BCUT2D eigenvalue weighted by Gasteiger charge is 2.36. The summed E-state index contributed by atoms with van der Waals surface area (Å²) >= 11 is 1.88. The molecule has 3 heteroatoms. The van der Waals surface area contributed by atoms with Crippen LogP contribution >= 0.6 is 11.3 Å². The lowest BCUT2D eigenvalue weighted by molar-refractivity contribution is 0.127. The van der Waals surface area contributed by atoms with Crippen LogP contribution in [0.5, 0.6) is 0 Å². The summed E-state index contributed by atoms with van der Waals surface area (Å²) in [5.74, 6) is 0.717. The number of thiophene rings is 1. The average molecular weight is 280 g/mol. The summed E-state index contributed by atoms with van der Waals surface area (Å²) in [7, 11) is 0. The van der Waals surface area contributed by atoms with Crippen molar-refractivity contribution in [3.63, 3.8) is 0 Å². The molecule has 2 rings (SSSR count). The summed E-state index contributed by atoms with van der Waals surface area (Å²) in [5.41, 5.74) is 7.89. The Hall–Kier alpha value is -0.380. The zero-order valence-electron chi connectivity index (χ0n) is 12.7. The van der Waals surface area contributed by atoms with Crippen molar-refractivity contribution in [3.8, 4) is 0 Å². The van der Waals surface area contributed by atoms with E-state index >= 15 is 0 Å². The highest BCUT2D eigenvalue weighted by molar-refractivity contribution is 7.10. The fourth-order valence-electron chi connectivity index (χ4n) is 3.38. The van der Waals surface area contributed by atoms with Crippen molar-refractivity contribution < 1.29 is 0 Å². The third-order valence-corrected chi connectivity index (χ3v) is 5.61. The molecule has 0 aliphatic carbocycles. The Morgan fingerprint density at radius 1 is 1.47 bits per heavy atom. The third kappa shape index (κ3) is 3.04. The van der Waals surface area contributed by atoms with Crippen molar-refractivity contribution in [2.45, 2.75) is 65.1 Å². The van der Waals surface area contributed by atoms with Gasteiger partial charge in [-0.1, -0.05) is 20.8 Å². The van der Waals surface area contributed by atoms with Gasteiger partial charge in [-0.05, 0) is 55.7 Å². The van der Waals surface area contributed by atoms with Crippen LogP contribution < -0.4 is 5.73 Å². The van der Waals surface area contributed by atoms with E-state index in [1.54, 1.807) is 0 Å². The molecular formula is C16H28N2S. The number of likely N-dealkylation sites (tertiary alicyclic amines) is 1. The van der Waals surface area contributed by atoms with Gasteiger partial charge in [-0.2, -0.15) is 0 Å². The SMILES string of the molecule is CCC(N)C(c1sccc1C)N1CCCC1C(C)C. The minimum Gasteiger partial charge on any atom is -0.326 e. The summed E-state index contributed by atoms with van der Waals surface area (Å²) in [6.07, 6.45) is 3.69. The van der Waals surface area contributed by atoms with Gasteiger partial charge in [0, 0.05) is 17.0 Å². The number of aryl methyl sites for hydroxylation is 1. The Morgan fingerprint density at radius 3 is 2.74 bits per heavy atom. The number of nitrogens with zero attached hydrogens (tertiary/aromatic N) is 1. The minimum atomic E-state index is 0.247. The molecule has 2 nitrogen and oxygen atoms in total. The second-order valence-corrected chi connectivity index (χ2v) is 7.12. The average Bonchev–Trinajstić information content (AvgIpc) is 3.00. The molecule has 0 aromatic carbocycles. The molecule has 1 aliphatic heterocycles. The van der Waals surface area contributed by atoms with Crippen LogP contribution in [0.4, 0.5) is 0 Å². The van der Waals surface area contributed by atoms with Crippen molar-refractivity contribution in [3.05, 3.63) is 21.9 Å². The monoisotopic (exact) mass is 280 g/mol. The molecule has 0 saturated carbocycles. The van der Waals surface area contributed by atoms with Crippen LogP contribution in [0.3, 0.4) is 0 Å². The molecule has 1 aliphatic rings. The smallest absolute Gasteiger partial charge is 0.0598 e. The Morgan fingerprint density at radius 2 is 2.21 bits per heavy atom. The van der Waals surface area contributed by atoms with Gasteiger partial charge in [0.15, 0.2) is 0 Å². The number of nitrogens with two attached hydrogens (primary N) is 1. The molecule has 3 atom stereocenters. The van der Waals surface area contributed by atoms with Crippen LogP contribution in [-0.4, -0.2) is 23.5 Å². The summed E-state index contributed by atoms with van der Waals surface area (Å²) in [4.78, 5) is 4.18. The van der Waals surface area contributed by atoms with Gasteiger partial charge in [-0.15, -0.1) is 11.3 Å². The number of hydrogen-bond donors (Lipinski definition) is 1. The Kier molecular flexibility index (Phi) is 5.04. The van der Waals surface area contributed by atoms with Gasteiger partial charge >= 0.3 is 0 Å². The van der Waals surface area contributed by atoms with E-state index in [1.807, 2.05) is 11.3 Å². The van der Waals surface area contributed by atoms with E-state index in [2.05, 4.69) is 44.0 Å². The Bertz CT molecular complexity index is 399. The van der Waals surface area contributed by atoms with Crippen molar-refractivity contribution in [2.24, 2.45) is 11.7 Å². The topological polar surface area (TPSA) is 29.3 Å². The number of rotatable bonds is 5. The molecule has 3 unspecified atom stereocenters. The predicted molar refractivity (Wildman–Crippen MR) is 84.6 cm³/mol. The Balaban J connectivity index is 2.30. The zero-order chi connectivity index (χ0) is 14.0. The summed E-state index contributed by atoms with van der Waals surface area (Å²) in [6, 6.07) is 3.59. The molecule has 108 valence electrons. The van der Waals surface area contributed by atoms with Crippen LogP contribution in [0.25, 0.3) is 0 Å². The normalized spacial score (nSPS) is 24.0. The molecule has 1 aromatic heterocycles. The lowest BCUT2D eigenvalue weighted by Crippen LogP contribution is -2.44. The highest BCUT2D eigenvalue weighted by Crippen LogP contribution is 2.38. The van der Waals surface area contributed by atoms with E-state index in [-0.39, 0.29) is 6.04 Å². The second kappa shape index (κ2) is 6.38. The first-order valence-corrected chi connectivity index (χ1v) is 8.49. The molecule has 0 radical (unpaired) electrons. The highest BCUT2D eigenvalue weighted by atomic mass is 32.1. The maximum absolute atomic E-state index is 6.48. The van der Waals surface area contributed by atoms with Crippen LogP contribution in [0, 0.1) is 12.8 Å². The quantitative estimate of drug-likeness (QED) is 0.884. The molecule has 19 heavy (non-hydrogen) atoms. The van der Waals surface area contributed by atoms with E-state index in [4.69, 9.17) is 5.73 Å². The van der Waals surface area contributed by atoms with Crippen molar-refractivity contribution in [1.82, 2.24) is 4.90 Å².